The van der Waals surface area contributed by atoms with Gasteiger partial charge in [0.05, 0.1) is 0 Å². The normalized spacial score (nSPS) is 24.6. The zero-order valence-electron chi connectivity index (χ0n) is 13.1. The molecule has 1 aliphatic rings. The maximum Gasteiger partial charge on any atom is -0.0398 e. The molecule has 0 aliphatic heterocycles. The second-order valence-corrected chi connectivity index (χ2v) is 6.69. The minimum atomic E-state index is 0. The molecular formula is C20H38. The molecule has 1 aromatic rings. The van der Waals surface area contributed by atoms with E-state index in [2.05, 4.69) is 59.7 Å². The lowest BCUT2D eigenvalue weighted by Gasteiger charge is -2.28. The van der Waals surface area contributed by atoms with Crippen LogP contribution >= 0.6 is 0 Å². The third kappa shape index (κ3) is 8.40. The van der Waals surface area contributed by atoms with Crippen LogP contribution in [0.4, 0.5) is 0 Å². The van der Waals surface area contributed by atoms with Crippen LogP contribution in [0.15, 0.2) is 18.2 Å². The summed E-state index contributed by atoms with van der Waals surface area (Å²) >= 11 is 0. The quantitative estimate of drug-likeness (QED) is 0.481. The number of rotatable bonds is 0. The summed E-state index contributed by atoms with van der Waals surface area (Å²) in [6.07, 6.45) is 4.39. The molecular weight excluding hydrogens is 240 g/mol. The highest BCUT2D eigenvalue weighted by atomic mass is 14.3. The molecule has 20 heavy (non-hydrogen) atoms. The Bertz CT molecular complexity index is 289. The number of benzene rings is 1. The van der Waals surface area contributed by atoms with E-state index >= 15 is 0 Å². The second kappa shape index (κ2) is 10.0. The Balaban J connectivity index is 0. The Hall–Kier alpha value is -0.780. The van der Waals surface area contributed by atoms with E-state index in [0.29, 0.717) is 0 Å². The fraction of sp³-hybridized carbons (Fsp3) is 0.700. The van der Waals surface area contributed by atoms with E-state index in [4.69, 9.17) is 0 Å². The molecule has 0 atom stereocenters. The molecule has 0 radical (unpaired) electrons. The lowest BCUT2D eigenvalue weighted by atomic mass is 9.78. The van der Waals surface area contributed by atoms with Crippen LogP contribution in [-0.4, -0.2) is 0 Å². The molecule has 0 bridgehead atoms. The van der Waals surface area contributed by atoms with E-state index in [9.17, 15) is 0 Å². The molecule has 2 rings (SSSR count). The largest absolute Gasteiger partial charge is 0.0776 e. The summed E-state index contributed by atoms with van der Waals surface area (Å²) in [6.45, 7) is 13.5. The summed E-state index contributed by atoms with van der Waals surface area (Å²) < 4.78 is 0. The Morgan fingerprint density at radius 2 is 0.800 bits per heavy atom. The lowest BCUT2D eigenvalue weighted by molar-refractivity contribution is 0.233. The van der Waals surface area contributed by atoms with E-state index in [0.717, 1.165) is 17.8 Å². The molecule has 0 heteroatoms. The van der Waals surface area contributed by atoms with Gasteiger partial charge in [0, 0.05) is 0 Å². The maximum absolute atomic E-state index is 2.38. The van der Waals surface area contributed by atoms with Crippen LogP contribution in [0.3, 0.4) is 0 Å². The van der Waals surface area contributed by atoms with Crippen LogP contribution in [0.1, 0.15) is 71.6 Å². The zero-order chi connectivity index (χ0) is 13.7. The first-order valence-corrected chi connectivity index (χ1v) is 7.41. The van der Waals surface area contributed by atoms with Gasteiger partial charge in [-0.15, -0.1) is 0 Å². The van der Waals surface area contributed by atoms with Gasteiger partial charge in [0.25, 0.3) is 0 Å². The molecule has 1 aromatic carbocycles. The first-order valence-electron chi connectivity index (χ1n) is 7.41. The smallest absolute Gasteiger partial charge is 0.0398 e. The zero-order valence-corrected chi connectivity index (χ0v) is 13.1. The molecule has 0 N–H and O–H groups in total. The fourth-order valence-corrected chi connectivity index (χ4v) is 3.55. The monoisotopic (exact) mass is 278 g/mol. The maximum atomic E-state index is 2.38. The van der Waals surface area contributed by atoms with Crippen LogP contribution < -0.4 is 0 Å². The average molecular weight is 279 g/mol. The van der Waals surface area contributed by atoms with Crippen LogP contribution in [0.5, 0.6) is 0 Å². The van der Waals surface area contributed by atoms with Crippen LogP contribution in [0.25, 0.3) is 0 Å². The Morgan fingerprint density at radius 3 is 1.00 bits per heavy atom. The first-order chi connectivity index (χ1) is 8.36. The van der Waals surface area contributed by atoms with Crippen molar-refractivity contribution in [1.29, 1.82) is 0 Å². The van der Waals surface area contributed by atoms with E-state index in [1.54, 1.807) is 0 Å². The predicted molar refractivity (Wildman–Crippen MR) is 95.5 cm³/mol. The molecule has 1 aliphatic carbocycles. The van der Waals surface area contributed by atoms with Crippen molar-refractivity contribution in [1.82, 2.24) is 0 Å². The number of hydrogen-bond acceptors (Lipinski definition) is 0. The average Bonchev–Trinajstić information content (AvgIpc) is 2.12. The van der Waals surface area contributed by atoms with Gasteiger partial charge in [-0.05, 0) is 57.8 Å². The highest BCUT2D eigenvalue weighted by molar-refractivity contribution is 5.27. The molecule has 118 valence electrons. The minimum Gasteiger partial charge on any atom is -0.0776 e. The molecule has 0 unspecified atom stereocenters. The SMILES string of the molecule is C.C.CC1CC(C)CC(C)C1.Cc1cc(C)cc(C)c1. The third-order valence-corrected chi connectivity index (χ3v) is 3.78. The number of hydrogen-bond donors (Lipinski definition) is 0. The minimum absolute atomic E-state index is 0. The van der Waals surface area contributed by atoms with Crippen LogP contribution in [0.2, 0.25) is 0 Å². The van der Waals surface area contributed by atoms with Crippen molar-refractivity contribution in [3.8, 4) is 0 Å². The molecule has 0 spiro atoms. The van der Waals surface area contributed by atoms with Gasteiger partial charge in [0.1, 0.15) is 0 Å². The summed E-state index contributed by atoms with van der Waals surface area (Å²) in [4.78, 5) is 0. The highest BCUT2D eigenvalue weighted by Gasteiger charge is 2.19. The van der Waals surface area contributed by atoms with Crippen LogP contribution in [-0.2, 0) is 0 Å². The number of aryl methyl sites for hydroxylation is 3. The Kier molecular flexibility index (Phi) is 10.8. The van der Waals surface area contributed by atoms with E-state index < -0.39 is 0 Å². The molecule has 1 fully saturated rings. The molecule has 0 saturated heterocycles. The van der Waals surface area contributed by atoms with Gasteiger partial charge in [-0.25, -0.2) is 0 Å². The van der Waals surface area contributed by atoms with Crippen molar-refractivity contribution in [3.05, 3.63) is 34.9 Å². The molecule has 1 saturated carbocycles. The molecule has 0 aromatic heterocycles. The van der Waals surface area contributed by atoms with Gasteiger partial charge in [-0.1, -0.05) is 70.5 Å². The van der Waals surface area contributed by atoms with Gasteiger partial charge in [-0.3, -0.25) is 0 Å². The summed E-state index contributed by atoms with van der Waals surface area (Å²) in [5, 5.41) is 0. The van der Waals surface area contributed by atoms with Gasteiger partial charge in [0.15, 0.2) is 0 Å². The van der Waals surface area contributed by atoms with Gasteiger partial charge >= 0.3 is 0 Å². The molecule has 0 amide bonds. The first kappa shape index (κ1) is 21.5. The van der Waals surface area contributed by atoms with Crippen molar-refractivity contribution >= 4 is 0 Å². The Labute approximate surface area is 129 Å². The van der Waals surface area contributed by atoms with Crippen molar-refractivity contribution in [2.24, 2.45) is 17.8 Å². The van der Waals surface area contributed by atoms with Gasteiger partial charge < -0.3 is 0 Å². The van der Waals surface area contributed by atoms with E-state index in [1.807, 2.05) is 0 Å². The van der Waals surface area contributed by atoms with Crippen molar-refractivity contribution in [3.63, 3.8) is 0 Å². The standard InChI is InChI=1S/C9H18.C9H12.2CH4/c2*1-7-4-8(2)6-9(3)5-7;;/h7-9H,4-6H2,1-3H3;4-6H,1-3H3;2*1H4. The van der Waals surface area contributed by atoms with Crippen molar-refractivity contribution in [2.75, 3.05) is 0 Å². The van der Waals surface area contributed by atoms with Gasteiger partial charge in [0.2, 0.25) is 0 Å². The Morgan fingerprint density at radius 1 is 0.600 bits per heavy atom. The molecule has 0 nitrogen and oxygen atoms in total. The summed E-state index contributed by atoms with van der Waals surface area (Å²) in [6, 6.07) is 6.56. The summed E-state index contributed by atoms with van der Waals surface area (Å²) in [5.41, 5.74) is 4.06. The topological polar surface area (TPSA) is 0 Å². The molecule has 0 heterocycles. The van der Waals surface area contributed by atoms with Crippen LogP contribution in [0, 0.1) is 38.5 Å². The van der Waals surface area contributed by atoms with Crippen molar-refractivity contribution < 1.29 is 0 Å². The predicted octanol–water partition coefficient (Wildman–Crippen LogP) is 6.96. The van der Waals surface area contributed by atoms with Gasteiger partial charge in [-0.2, -0.15) is 0 Å². The third-order valence-electron chi connectivity index (χ3n) is 3.78. The fourth-order valence-electron chi connectivity index (χ4n) is 3.55. The second-order valence-electron chi connectivity index (χ2n) is 6.69. The summed E-state index contributed by atoms with van der Waals surface area (Å²) in [5.74, 6) is 2.97. The summed E-state index contributed by atoms with van der Waals surface area (Å²) in [7, 11) is 0. The van der Waals surface area contributed by atoms with E-state index in [-0.39, 0.29) is 14.9 Å². The highest BCUT2D eigenvalue weighted by Crippen LogP contribution is 2.31. The van der Waals surface area contributed by atoms with E-state index in [1.165, 1.54) is 36.0 Å². The van der Waals surface area contributed by atoms with Crippen molar-refractivity contribution in [2.45, 2.75) is 75.7 Å². The lowest BCUT2D eigenvalue weighted by Crippen LogP contribution is -2.16.